The minimum Gasteiger partial charge on any atom is -0.489 e. The van der Waals surface area contributed by atoms with E-state index in [1.54, 1.807) is 13.1 Å². The first-order valence-electron chi connectivity index (χ1n) is 8.66. The summed E-state index contributed by atoms with van der Waals surface area (Å²) in [6.07, 6.45) is 1.74. The van der Waals surface area contributed by atoms with Gasteiger partial charge in [0.2, 0.25) is 0 Å². The first-order chi connectivity index (χ1) is 12.6. The predicted molar refractivity (Wildman–Crippen MR) is 110 cm³/mol. The fraction of sp³-hybridized carbons (Fsp3) is 0.286. The Hall–Kier alpha value is -2.95. The molecule has 0 saturated heterocycles. The van der Waals surface area contributed by atoms with Crippen LogP contribution in [-0.2, 0) is 13.1 Å². The van der Waals surface area contributed by atoms with Crippen LogP contribution in [0.15, 0.2) is 66.2 Å². The van der Waals surface area contributed by atoms with Crippen LogP contribution in [0.2, 0.25) is 0 Å². The maximum atomic E-state index is 5.69. The second-order valence-electron chi connectivity index (χ2n) is 6.05. The number of rotatable bonds is 8. The summed E-state index contributed by atoms with van der Waals surface area (Å²) in [5.41, 5.74) is 3.46. The molecule has 138 valence electrons. The van der Waals surface area contributed by atoms with Gasteiger partial charge >= 0.3 is 0 Å². The highest BCUT2D eigenvalue weighted by Gasteiger charge is 2.05. The fourth-order valence-electron chi connectivity index (χ4n) is 2.47. The summed E-state index contributed by atoms with van der Waals surface area (Å²) in [6, 6.07) is 16.4. The van der Waals surface area contributed by atoms with Crippen LogP contribution in [0, 0.1) is 0 Å². The van der Waals surface area contributed by atoms with Crippen LogP contribution in [0.3, 0.4) is 0 Å². The monoisotopic (exact) mass is 352 g/mol. The van der Waals surface area contributed by atoms with Crippen molar-refractivity contribution in [1.82, 2.24) is 10.6 Å². The molecular weight excluding hydrogens is 324 g/mol. The summed E-state index contributed by atoms with van der Waals surface area (Å²) >= 11 is 0. The van der Waals surface area contributed by atoms with Gasteiger partial charge in [-0.05, 0) is 23.8 Å². The number of hydrogen-bond donors (Lipinski definition) is 2. The largest absolute Gasteiger partial charge is 0.489 e. The number of para-hydroxylation sites is 1. The molecule has 0 heterocycles. The zero-order valence-corrected chi connectivity index (χ0v) is 15.8. The molecule has 5 nitrogen and oxygen atoms in total. The Labute approximate surface area is 156 Å². The molecule has 2 aromatic carbocycles. The van der Waals surface area contributed by atoms with E-state index in [2.05, 4.69) is 51.4 Å². The Morgan fingerprint density at radius 1 is 1.12 bits per heavy atom. The fourth-order valence-corrected chi connectivity index (χ4v) is 2.47. The van der Waals surface area contributed by atoms with Crippen LogP contribution in [0.5, 0.6) is 5.75 Å². The van der Waals surface area contributed by atoms with Gasteiger partial charge in [0.15, 0.2) is 5.96 Å². The molecule has 0 unspecified atom stereocenters. The predicted octanol–water partition coefficient (Wildman–Crippen LogP) is 3.18. The average molecular weight is 352 g/mol. The average Bonchev–Trinajstić information content (AvgIpc) is 2.67. The minimum atomic E-state index is 0.492. The summed E-state index contributed by atoms with van der Waals surface area (Å²) in [7, 11) is 5.85. The molecule has 0 radical (unpaired) electrons. The zero-order valence-electron chi connectivity index (χ0n) is 15.8. The summed E-state index contributed by atoms with van der Waals surface area (Å²) in [5.74, 6) is 1.60. The molecule has 2 rings (SSSR count). The third-order valence-corrected chi connectivity index (χ3v) is 3.89. The highest BCUT2D eigenvalue weighted by atomic mass is 16.5. The van der Waals surface area contributed by atoms with Crippen LogP contribution in [0.1, 0.15) is 11.1 Å². The lowest BCUT2D eigenvalue weighted by atomic mass is 10.2. The first kappa shape index (κ1) is 19.4. The van der Waals surface area contributed by atoms with Gasteiger partial charge in [0.05, 0.1) is 0 Å². The number of nitrogens with one attached hydrogen (secondary N) is 2. The van der Waals surface area contributed by atoms with Crippen molar-refractivity contribution in [2.75, 3.05) is 32.6 Å². The number of benzene rings is 2. The van der Waals surface area contributed by atoms with Crippen LogP contribution in [-0.4, -0.2) is 33.7 Å². The molecule has 0 atom stereocenters. The molecule has 26 heavy (non-hydrogen) atoms. The molecule has 0 aliphatic rings. The van der Waals surface area contributed by atoms with E-state index in [-0.39, 0.29) is 0 Å². The molecule has 0 saturated carbocycles. The number of nitrogens with zero attached hydrogens (tertiary/aromatic N) is 2. The highest BCUT2D eigenvalue weighted by molar-refractivity contribution is 5.79. The van der Waals surface area contributed by atoms with E-state index < -0.39 is 0 Å². The minimum absolute atomic E-state index is 0.492. The van der Waals surface area contributed by atoms with Crippen molar-refractivity contribution in [3.63, 3.8) is 0 Å². The molecule has 0 spiro atoms. The topological polar surface area (TPSA) is 48.9 Å². The Morgan fingerprint density at radius 2 is 1.88 bits per heavy atom. The molecule has 0 aromatic heterocycles. The van der Waals surface area contributed by atoms with Gasteiger partial charge in [-0.25, -0.2) is 0 Å². The van der Waals surface area contributed by atoms with Gasteiger partial charge in [0.1, 0.15) is 12.4 Å². The Morgan fingerprint density at radius 3 is 2.62 bits per heavy atom. The Balaban J connectivity index is 1.92. The standard InChI is InChI=1S/C21H28N4O/c1-5-13-26-20-12-7-6-10-18(20)16-24-21(22-2)23-15-17-9-8-11-19(14-17)25(3)4/h5-12,14H,1,13,15-16H2,2-4H3,(H2,22,23,24). The normalized spacial score (nSPS) is 11.0. The summed E-state index contributed by atoms with van der Waals surface area (Å²) in [6.45, 7) is 5.52. The van der Waals surface area contributed by atoms with Crippen molar-refractivity contribution in [1.29, 1.82) is 0 Å². The van der Waals surface area contributed by atoms with Crippen molar-refractivity contribution in [3.8, 4) is 5.75 Å². The second-order valence-corrected chi connectivity index (χ2v) is 6.05. The van der Waals surface area contributed by atoms with Gasteiger partial charge in [-0.3, -0.25) is 4.99 Å². The Bertz CT molecular complexity index is 740. The molecule has 0 amide bonds. The zero-order chi connectivity index (χ0) is 18.8. The van der Waals surface area contributed by atoms with E-state index in [0.29, 0.717) is 19.7 Å². The van der Waals surface area contributed by atoms with Gasteiger partial charge in [0, 0.05) is 45.5 Å². The van der Waals surface area contributed by atoms with Crippen molar-refractivity contribution in [2.45, 2.75) is 13.1 Å². The molecule has 2 N–H and O–H groups in total. The first-order valence-corrected chi connectivity index (χ1v) is 8.66. The quantitative estimate of drug-likeness (QED) is 0.435. The Kier molecular flexibility index (Phi) is 7.55. The van der Waals surface area contributed by atoms with Crippen molar-refractivity contribution in [2.24, 2.45) is 4.99 Å². The van der Waals surface area contributed by atoms with Crippen LogP contribution >= 0.6 is 0 Å². The van der Waals surface area contributed by atoms with E-state index in [1.165, 1.54) is 11.3 Å². The number of hydrogen-bond acceptors (Lipinski definition) is 3. The summed E-state index contributed by atoms with van der Waals surface area (Å²) < 4.78 is 5.69. The third-order valence-electron chi connectivity index (χ3n) is 3.89. The lowest BCUT2D eigenvalue weighted by Crippen LogP contribution is -2.36. The van der Waals surface area contributed by atoms with Crippen molar-refractivity contribution < 1.29 is 4.74 Å². The highest BCUT2D eigenvalue weighted by Crippen LogP contribution is 2.17. The molecular formula is C21H28N4O. The maximum absolute atomic E-state index is 5.69. The third kappa shape index (κ3) is 5.84. The maximum Gasteiger partial charge on any atom is 0.191 e. The summed E-state index contributed by atoms with van der Waals surface area (Å²) in [4.78, 5) is 6.39. The number of aliphatic imine (C=N–C) groups is 1. The molecule has 0 aliphatic carbocycles. The van der Waals surface area contributed by atoms with Crippen LogP contribution in [0.25, 0.3) is 0 Å². The number of anilines is 1. The van der Waals surface area contributed by atoms with E-state index in [4.69, 9.17) is 4.74 Å². The van der Waals surface area contributed by atoms with E-state index in [0.717, 1.165) is 17.3 Å². The number of guanidine groups is 1. The summed E-state index contributed by atoms with van der Waals surface area (Å²) in [5, 5.41) is 6.68. The molecule has 0 fully saturated rings. The van der Waals surface area contributed by atoms with E-state index >= 15 is 0 Å². The van der Waals surface area contributed by atoms with Gasteiger partial charge in [-0.2, -0.15) is 0 Å². The smallest absolute Gasteiger partial charge is 0.191 e. The molecule has 5 heteroatoms. The van der Waals surface area contributed by atoms with Crippen molar-refractivity contribution >= 4 is 11.6 Å². The molecule has 0 aliphatic heterocycles. The van der Waals surface area contributed by atoms with E-state index in [1.807, 2.05) is 38.4 Å². The van der Waals surface area contributed by atoms with Gasteiger partial charge in [-0.15, -0.1) is 0 Å². The van der Waals surface area contributed by atoms with Gasteiger partial charge in [-0.1, -0.05) is 43.0 Å². The second kappa shape index (κ2) is 10.1. The molecule has 2 aromatic rings. The van der Waals surface area contributed by atoms with Gasteiger partial charge < -0.3 is 20.3 Å². The van der Waals surface area contributed by atoms with Crippen LogP contribution in [0.4, 0.5) is 5.69 Å². The lowest BCUT2D eigenvalue weighted by molar-refractivity contribution is 0.358. The number of ether oxygens (including phenoxy) is 1. The SMILES string of the molecule is C=CCOc1ccccc1CNC(=NC)NCc1cccc(N(C)C)c1. The molecule has 0 bridgehead atoms. The van der Waals surface area contributed by atoms with Crippen LogP contribution < -0.4 is 20.3 Å². The van der Waals surface area contributed by atoms with E-state index in [9.17, 15) is 0 Å². The lowest BCUT2D eigenvalue weighted by Gasteiger charge is -2.16. The van der Waals surface area contributed by atoms with Gasteiger partial charge in [0.25, 0.3) is 0 Å². The van der Waals surface area contributed by atoms with Crippen molar-refractivity contribution in [3.05, 3.63) is 72.3 Å².